The molecule has 0 aliphatic heterocycles. The summed E-state index contributed by atoms with van der Waals surface area (Å²) in [5.41, 5.74) is 4.26. The Morgan fingerprint density at radius 1 is 0.647 bits per heavy atom. The molecule has 0 saturated heterocycles. The van der Waals surface area contributed by atoms with Gasteiger partial charge in [0, 0.05) is 110 Å². The monoisotopic (exact) mass is 682 g/mol. The fourth-order valence-corrected chi connectivity index (χ4v) is 2.88. The van der Waals surface area contributed by atoms with E-state index in [4.69, 9.17) is 0 Å². The van der Waals surface area contributed by atoms with Crippen LogP contribution in [0.15, 0.2) is 48.5 Å². The summed E-state index contributed by atoms with van der Waals surface area (Å²) >= 11 is 0. The molecule has 0 atom stereocenters. The molecule has 0 N–H and O–H groups in total. The number of aryl methyl sites for hydroxylation is 1. The van der Waals surface area contributed by atoms with Gasteiger partial charge in [-0.15, -0.1) is 5.52 Å². The van der Waals surface area contributed by atoms with E-state index in [9.17, 15) is 0 Å². The minimum Gasteiger partial charge on any atom is -0.460 e. The smallest absolute Gasteiger partial charge is 0.0297 e. The van der Waals surface area contributed by atoms with E-state index >= 15 is 0 Å². The second-order valence-corrected chi connectivity index (χ2v) is 6.41. The van der Waals surface area contributed by atoms with Gasteiger partial charge < -0.3 is 40.0 Å². The quantitative estimate of drug-likeness (QED) is 0.186. The molecule has 179 valence electrons. The maximum Gasteiger partial charge on any atom is 0.0297 e. The van der Waals surface area contributed by atoms with Crippen LogP contribution in [0.1, 0.15) is 75.2 Å². The minimum absolute atomic E-state index is 0. The van der Waals surface area contributed by atoms with Crippen molar-refractivity contribution in [3.8, 4) is 11.1 Å². The fraction of sp³-hybridized carbons (Fsp3) is 0.400. The Labute approximate surface area is 286 Å². The van der Waals surface area contributed by atoms with E-state index < -0.39 is 0 Å². The summed E-state index contributed by atoms with van der Waals surface area (Å²) < 4.78 is 2.31. The summed E-state index contributed by atoms with van der Waals surface area (Å²) in [4.78, 5) is 0. The van der Waals surface area contributed by atoms with Crippen molar-refractivity contribution in [2.24, 2.45) is 0 Å². The molecular formula is C30H41NY3-4. The number of rotatable bonds is 2. The molecule has 3 aromatic carbocycles. The van der Waals surface area contributed by atoms with Gasteiger partial charge in [0.05, 0.1) is 0 Å². The first-order valence-electron chi connectivity index (χ1n) is 11.9. The largest absolute Gasteiger partial charge is 0.460 e. The number of benzene rings is 3. The Morgan fingerprint density at radius 3 is 1.65 bits per heavy atom. The van der Waals surface area contributed by atoms with Crippen LogP contribution >= 0.6 is 0 Å². The molecule has 4 heteroatoms. The van der Waals surface area contributed by atoms with Crippen LogP contribution in [-0.4, -0.2) is 4.57 Å². The molecule has 0 spiro atoms. The Morgan fingerprint density at radius 2 is 1.15 bits per heavy atom. The van der Waals surface area contributed by atoms with Crippen LogP contribution in [0.2, 0.25) is 0 Å². The van der Waals surface area contributed by atoms with Gasteiger partial charge in [-0.1, -0.05) is 86.4 Å². The number of fused-ring (bicyclic) bond motifs is 3. The SMILES string of the molecule is CC.CC.CCC.CCC.CCn1c2c[c-]c(-c3[c-]ccc[c-]3)[c-]c2c2ccccc21.[Y].[Y].[Y]. The second-order valence-electron chi connectivity index (χ2n) is 6.41. The van der Waals surface area contributed by atoms with E-state index in [0.717, 1.165) is 23.1 Å². The van der Waals surface area contributed by atoms with Crippen LogP contribution in [0.5, 0.6) is 0 Å². The summed E-state index contributed by atoms with van der Waals surface area (Å²) in [5, 5.41) is 2.38. The fourth-order valence-electron chi connectivity index (χ4n) is 2.88. The van der Waals surface area contributed by atoms with Crippen molar-refractivity contribution in [3.05, 3.63) is 72.8 Å². The number of hydrogen-bond donors (Lipinski definition) is 0. The number of aromatic nitrogens is 1. The van der Waals surface area contributed by atoms with Gasteiger partial charge in [0.1, 0.15) is 0 Å². The van der Waals surface area contributed by atoms with Crippen molar-refractivity contribution in [2.45, 2.75) is 81.7 Å². The van der Waals surface area contributed by atoms with Crippen LogP contribution in [0, 0.1) is 24.3 Å². The van der Waals surface area contributed by atoms with Crippen LogP contribution in [0.25, 0.3) is 32.9 Å². The predicted octanol–water partition coefficient (Wildman–Crippen LogP) is 9.56. The van der Waals surface area contributed by atoms with Crippen molar-refractivity contribution < 1.29 is 98.1 Å². The molecule has 0 amide bonds. The van der Waals surface area contributed by atoms with Gasteiger partial charge in [0.2, 0.25) is 0 Å². The zero-order valence-corrected chi connectivity index (χ0v) is 31.4. The van der Waals surface area contributed by atoms with Gasteiger partial charge in [-0.3, -0.25) is 12.1 Å². The number of hydrogen-bond acceptors (Lipinski definition) is 0. The third-order valence-electron chi connectivity index (χ3n) is 3.83. The maximum atomic E-state index is 3.50. The van der Waals surface area contributed by atoms with Crippen molar-refractivity contribution in [1.82, 2.24) is 4.57 Å². The molecule has 4 aromatic rings. The standard InChI is InChI=1S/C20H13N.2C3H8.2C2H6.3Y/c1-2-21-19-11-7-6-10-17(19)18-14-16(12-13-20(18)21)15-8-4-3-5-9-15;2*1-3-2;2*1-2;;;/h3-7,10-11,13H,2H2,1H3;2*3H2,1-2H3;2*1-2H3;;;/q-4;;;;;;;. The molecule has 0 fully saturated rings. The van der Waals surface area contributed by atoms with E-state index in [2.05, 4.69) is 93.8 Å². The molecule has 0 aliphatic carbocycles. The molecule has 34 heavy (non-hydrogen) atoms. The molecule has 3 radical (unpaired) electrons. The Bertz CT molecular complexity index is 961. The summed E-state index contributed by atoms with van der Waals surface area (Å²) in [6, 6.07) is 29.5. The van der Waals surface area contributed by atoms with Gasteiger partial charge in [-0.25, -0.2) is 12.1 Å². The van der Waals surface area contributed by atoms with Crippen LogP contribution in [0.4, 0.5) is 0 Å². The Balaban J connectivity index is -0.000000306. The van der Waals surface area contributed by atoms with Gasteiger partial charge >= 0.3 is 0 Å². The summed E-state index contributed by atoms with van der Waals surface area (Å²) in [5.74, 6) is 0. The molecule has 1 aromatic heterocycles. The van der Waals surface area contributed by atoms with E-state index in [-0.39, 0.29) is 98.1 Å². The molecular weight excluding hydrogens is 641 g/mol. The molecule has 0 aliphatic rings. The maximum absolute atomic E-state index is 3.50. The van der Waals surface area contributed by atoms with E-state index in [1.54, 1.807) is 0 Å². The first-order valence-corrected chi connectivity index (χ1v) is 11.9. The predicted molar refractivity (Wildman–Crippen MR) is 141 cm³/mol. The number of para-hydroxylation sites is 1. The molecule has 4 rings (SSSR count). The van der Waals surface area contributed by atoms with Gasteiger partial charge in [0.25, 0.3) is 0 Å². The zero-order chi connectivity index (χ0) is 23.6. The van der Waals surface area contributed by atoms with E-state index in [0.29, 0.717) is 0 Å². The summed E-state index contributed by atoms with van der Waals surface area (Å²) in [6.45, 7) is 19.6. The molecule has 1 heterocycles. The topological polar surface area (TPSA) is 4.93 Å². The second kappa shape index (κ2) is 26.8. The van der Waals surface area contributed by atoms with Crippen LogP contribution in [0.3, 0.4) is 0 Å². The van der Waals surface area contributed by atoms with Crippen molar-refractivity contribution in [3.63, 3.8) is 0 Å². The van der Waals surface area contributed by atoms with Crippen molar-refractivity contribution in [2.75, 3.05) is 0 Å². The molecule has 0 saturated carbocycles. The average Bonchev–Trinajstić information content (AvgIpc) is 3.16. The van der Waals surface area contributed by atoms with E-state index in [1.807, 2.05) is 45.9 Å². The molecule has 0 unspecified atom stereocenters. The third-order valence-corrected chi connectivity index (χ3v) is 3.83. The van der Waals surface area contributed by atoms with Gasteiger partial charge in [0.15, 0.2) is 0 Å². The Kier molecular flexibility index (Phi) is 33.0. The normalized spacial score (nSPS) is 8.38. The van der Waals surface area contributed by atoms with Crippen molar-refractivity contribution in [1.29, 1.82) is 0 Å². The zero-order valence-electron chi connectivity index (χ0n) is 22.9. The average molecular weight is 682 g/mol. The molecule has 0 bridgehead atoms. The summed E-state index contributed by atoms with van der Waals surface area (Å²) in [6.07, 6.45) is 2.50. The summed E-state index contributed by atoms with van der Waals surface area (Å²) in [7, 11) is 0. The Hall–Kier alpha value is 0.772. The number of nitrogens with zero attached hydrogens (tertiary/aromatic N) is 1. The van der Waals surface area contributed by atoms with Gasteiger partial charge in [-0.05, 0) is 18.4 Å². The van der Waals surface area contributed by atoms with E-state index in [1.165, 1.54) is 29.3 Å². The van der Waals surface area contributed by atoms with Crippen LogP contribution in [-0.2, 0) is 105 Å². The first kappa shape index (κ1) is 41.9. The first-order chi connectivity index (χ1) is 15.2. The molecule has 1 nitrogen and oxygen atoms in total. The van der Waals surface area contributed by atoms with Crippen LogP contribution < -0.4 is 0 Å². The third kappa shape index (κ3) is 12.8. The van der Waals surface area contributed by atoms with Gasteiger partial charge in [-0.2, -0.15) is 5.39 Å². The minimum atomic E-state index is 0. The van der Waals surface area contributed by atoms with Crippen molar-refractivity contribution >= 4 is 21.8 Å².